The maximum atomic E-state index is 12.5. The van der Waals surface area contributed by atoms with Crippen LogP contribution in [0, 0.1) is 0 Å². The van der Waals surface area contributed by atoms with Crippen molar-refractivity contribution in [2.75, 3.05) is 5.32 Å². The van der Waals surface area contributed by atoms with Crippen LogP contribution in [0.25, 0.3) is 0 Å². The normalized spacial score (nSPS) is 14.4. The van der Waals surface area contributed by atoms with E-state index in [1.54, 1.807) is 24.3 Å². The summed E-state index contributed by atoms with van der Waals surface area (Å²) in [5.41, 5.74) is 7.56. The topological polar surface area (TPSA) is 72.2 Å². The van der Waals surface area contributed by atoms with Gasteiger partial charge in [0.25, 0.3) is 11.8 Å². The lowest BCUT2D eigenvalue weighted by Gasteiger charge is -2.10. The highest BCUT2D eigenvalue weighted by molar-refractivity contribution is 7.17. The molecule has 0 unspecified atom stereocenters. The molecule has 1 heterocycles. The molecule has 2 aromatic rings. The number of nitrogens with one attached hydrogen (secondary N) is 1. The molecule has 6 heteroatoms. The van der Waals surface area contributed by atoms with Crippen molar-refractivity contribution in [3.63, 3.8) is 0 Å². The Kier molecular flexibility index (Phi) is 5.21. The number of hydrogen-bond donors (Lipinski definition) is 2. The molecule has 0 aliphatic heterocycles. The fraction of sp³-hybridized carbons (Fsp3) is 0.333. The highest BCUT2D eigenvalue weighted by Crippen LogP contribution is 2.37. The average Bonchev–Trinajstić information content (AvgIpc) is 2.84. The number of primary amides is 1. The molecule has 126 valence electrons. The van der Waals surface area contributed by atoms with E-state index in [9.17, 15) is 9.59 Å². The fourth-order valence-electron chi connectivity index (χ4n) is 3.07. The number of carbonyl (C=O) groups is 2. The molecule has 4 nitrogen and oxygen atoms in total. The summed E-state index contributed by atoms with van der Waals surface area (Å²) in [5.74, 6) is -0.760. The van der Waals surface area contributed by atoms with Gasteiger partial charge in [-0.3, -0.25) is 9.59 Å². The summed E-state index contributed by atoms with van der Waals surface area (Å²) in [6.45, 7) is 0. The van der Waals surface area contributed by atoms with E-state index in [0.717, 1.165) is 37.7 Å². The van der Waals surface area contributed by atoms with Gasteiger partial charge in [-0.15, -0.1) is 11.3 Å². The molecule has 1 aromatic heterocycles. The van der Waals surface area contributed by atoms with Crippen LogP contribution in [-0.4, -0.2) is 11.8 Å². The minimum Gasteiger partial charge on any atom is -0.365 e. The van der Waals surface area contributed by atoms with Crippen LogP contribution < -0.4 is 11.1 Å². The van der Waals surface area contributed by atoms with Gasteiger partial charge < -0.3 is 11.1 Å². The molecule has 3 rings (SSSR count). The van der Waals surface area contributed by atoms with Crippen LogP contribution in [0.15, 0.2) is 24.3 Å². The first-order valence-corrected chi connectivity index (χ1v) is 9.27. The number of rotatable bonds is 3. The molecule has 0 spiro atoms. The van der Waals surface area contributed by atoms with Gasteiger partial charge in [0, 0.05) is 15.5 Å². The molecule has 1 aromatic carbocycles. The zero-order chi connectivity index (χ0) is 17.1. The van der Waals surface area contributed by atoms with E-state index in [2.05, 4.69) is 5.32 Å². The molecule has 24 heavy (non-hydrogen) atoms. The zero-order valence-corrected chi connectivity index (χ0v) is 14.8. The molecular formula is C18H19ClN2O2S. The number of thiophene rings is 1. The van der Waals surface area contributed by atoms with E-state index in [4.69, 9.17) is 17.3 Å². The van der Waals surface area contributed by atoms with Gasteiger partial charge in [0.1, 0.15) is 5.00 Å². The third-order valence-electron chi connectivity index (χ3n) is 4.23. The van der Waals surface area contributed by atoms with E-state index >= 15 is 0 Å². The molecule has 1 aliphatic rings. The van der Waals surface area contributed by atoms with Crippen LogP contribution in [0.4, 0.5) is 5.00 Å². The Morgan fingerprint density at radius 1 is 1.12 bits per heavy atom. The highest BCUT2D eigenvalue weighted by Gasteiger charge is 2.24. The first kappa shape index (κ1) is 17.0. The molecule has 0 saturated heterocycles. The Hall–Kier alpha value is -1.85. The molecule has 2 amide bonds. The van der Waals surface area contributed by atoms with Crippen molar-refractivity contribution in [2.24, 2.45) is 5.73 Å². The van der Waals surface area contributed by atoms with Gasteiger partial charge in [-0.2, -0.15) is 0 Å². The van der Waals surface area contributed by atoms with Gasteiger partial charge in [0.15, 0.2) is 0 Å². The van der Waals surface area contributed by atoms with E-state index in [1.165, 1.54) is 22.6 Å². The third kappa shape index (κ3) is 3.62. The lowest BCUT2D eigenvalue weighted by atomic mass is 9.96. The van der Waals surface area contributed by atoms with Crippen molar-refractivity contribution in [1.29, 1.82) is 0 Å². The number of carbonyl (C=O) groups excluding carboxylic acids is 2. The largest absolute Gasteiger partial charge is 0.365 e. The van der Waals surface area contributed by atoms with Crippen molar-refractivity contribution in [3.05, 3.63) is 50.9 Å². The Bertz CT molecular complexity index is 785. The quantitative estimate of drug-likeness (QED) is 0.848. The summed E-state index contributed by atoms with van der Waals surface area (Å²) >= 11 is 7.42. The number of nitrogens with two attached hydrogens (primary N) is 1. The van der Waals surface area contributed by atoms with Crippen molar-refractivity contribution < 1.29 is 9.59 Å². The summed E-state index contributed by atoms with van der Waals surface area (Å²) in [4.78, 5) is 25.6. The number of anilines is 1. The molecule has 3 N–H and O–H groups in total. The third-order valence-corrected chi connectivity index (χ3v) is 5.67. The maximum absolute atomic E-state index is 12.5. The molecule has 0 fully saturated rings. The van der Waals surface area contributed by atoms with Gasteiger partial charge in [-0.1, -0.05) is 30.5 Å². The van der Waals surface area contributed by atoms with Crippen LogP contribution in [-0.2, 0) is 12.8 Å². The average molecular weight is 363 g/mol. The predicted octanol–water partition coefficient (Wildman–Crippen LogP) is 4.41. The van der Waals surface area contributed by atoms with Crippen LogP contribution in [0.3, 0.4) is 0 Å². The van der Waals surface area contributed by atoms with Crippen LogP contribution in [0.5, 0.6) is 0 Å². The van der Waals surface area contributed by atoms with E-state index < -0.39 is 5.91 Å². The minimum atomic E-state index is -0.477. The maximum Gasteiger partial charge on any atom is 0.256 e. The first-order valence-electron chi connectivity index (χ1n) is 8.07. The van der Waals surface area contributed by atoms with Crippen molar-refractivity contribution in [2.45, 2.75) is 38.5 Å². The Morgan fingerprint density at radius 2 is 1.88 bits per heavy atom. The predicted molar refractivity (Wildman–Crippen MR) is 98.1 cm³/mol. The van der Waals surface area contributed by atoms with Crippen LogP contribution >= 0.6 is 22.9 Å². The van der Waals surface area contributed by atoms with Crippen LogP contribution in [0.1, 0.15) is 56.8 Å². The molecule has 0 radical (unpaired) electrons. The van der Waals surface area contributed by atoms with Gasteiger partial charge >= 0.3 is 0 Å². The summed E-state index contributed by atoms with van der Waals surface area (Å²) < 4.78 is 0. The number of hydrogen-bond acceptors (Lipinski definition) is 3. The molecule has 0 atom stereocenters. The van der Waals surface area contributed by atoms with Gasteiger partial charge in [-0.05, 0) is 49.4 Å². The van der Waals surface area contributed by atoms with Gasteiger partial charge in [0.2, 0.25) is 0 Å². The van der Waals surface area contributed by atoms with Gasteiger partial charge in [-0.25, -0.2) is 0 Å². The van der Waals surface area contributed by atoms with E-state index in [1.807, 2.05) is 0 Å². The second-order valence-corrected chi connectivity index (χ2v) is 7.49. The van der Waals surface area contributed by atoms with E-state index in [0.29, 0.717) is 21.2 Å². The zero-order valence-electron chi connectivity index (χ0n) is 13.2. The van der Waals surface area contributed by atoms with E-state index in [-0.39, 0.29) is 5.91 Å². The fourth-order valence-corrected chi connectivity index (χ4v) is 4.55. The summed E-state index contributed by atoms with van der Waals surface area (Å²) in [5, 5.41) is 3.90. The lowest BCUT2D eigenvalue weighted by Crippen LogP contribution is -2.18. The summed E-state index contributed by atoms with van der Waals surface area (Å²) in [7, 11) is 0. The summed E-state index contributed by atoms with van der Waals surface area (Å²) in [6.07, 6.45) is 6.30. The SMILES string of the molecule is NC(=O)c1c(NC(=O)c2cccc(Cl)c2)sc2c1CCCCCC2. The first-order chi connectivity index (χ1) is 11.6. The molecule has 1 aliphatic carbocycles. The second-order valence-electron chi connectivity index (χ2n) is 5.95. The number of amides is 2. The molecule has 0 bridgehead atoms. The number of fused-ring (bicyclic) bond motifs is 1. The molecular weight excluding hydrogens is 344 g/mol. The van der Waals surface area contributed by atoms with Gasteiger partial charge in [0.05, 0.1) is 5.56 Å². The standard InChI is InChI=1S/C18H19ClN2O2S/c19-12-7-5-6-11(10-12)17(23)21-18-15(16(20)22)13-8-3-1-2-4-9-14(13)24-18/h5-7,10H,1-4,8-9H2,(H2,20,22)(H,21,23). The Morgan fingerprint density at radius 3 is 2.58 bits per heavy atom. The Balaban J connectivity index is 1.93. The monoisotopic (exact) mass is 362 g/mol. The van der Waals surface area contributed by atoms with Crippen molar-refractivity contribution in [3.8, 4) is 0 Å². The minimum absolute atomic E-state index is 0.283. The van der Waals surface area contributed by atoms with Crippen molar-refractivity contribution >= 4 is 39.8 Å². The number of aryl methyl sites for hydroxylation is 1. The number of benzene rings is 1. The van der Waals surface area contributed by atoms with Crippen molar-refractivity contribution in [1.82, 2.24) is 0 Å². The second kappa shape index (κ2) is 7.36. The highest BCUT2D eigenvalue weighted by atomic mass is 35.5. The van der Waals surface area contributed by atoms with Crippen LogP contribution in [0.2, 0.25) is 5.02 Å². The smallest absolute Gasteiger partial charge is 0.256 e. The number of halogens is 1. The Labute approximate surface area is 150 Å². The molecule has 0 saturated carbocycles. The summed E-state index contributed by atoms with van der Waals surface area (Å²) in [6, 6.07) is 6.73. The lowest BCUT2D eigenvalue weighted by molar-refractivity contribution is 0.100.